The number of carbonyl (C=O) groups is 4. The Labute approximate surface area is 257 Å². The molecule has 0 radical (unpaired) electrons. The van der Waals surface area contributed by atoms with Crippen molar-refractivity contribution >= 4 is 45.4 Å². The maximum Gasteiger partial charge on any atom is 0.338 e. The van der Waals surface area contributed by atoms with Gasteiger partial charge in [-0.15, -0.1) is 0 Å². The second kappa shape index (κ2) is 15.1. The van der Waals surface area contributed by atoms with E-state index in [0.29, 0.717) is 58.4 Å². The number of rotatable bonds is 13. The minimum Gasteiger partial charge on any atom is -0.462 e. The predicted octanol–water partition coefficient (Wildman–Crippen LogP) is 7.93. The van der Waals surface area contributed by atoms with Gasteiger partial charge in [0, 0.05) is 10.8 Å². The van der Waals surface area contributed by atoms with Crippen LogP contribution in [0.25, 0.3) is 32.7 Å². The molecule has 0 saturated carbocycles. The molecule has 0 atom stereocenters. The molecule has 4 rings (SSSR count). The Morgan fingerprint density at radius 1 is 0.432 bits per heavy atom. The molecule has 44 heavy (non-hydrogen) atoms. The molecule has 0 N–H and O–H groups in total. The molecule has 0 bridgehead atoms. The number of fused-ring (bicyclic) bond motifs is 2. The van der Waals surface area contributed by atoms with Gasteiger partial charge >= 0.3 is 23.9 Å². The van der Waals surface area contributed by atoms with Gasteiger partial charge in [-0.05, 0) is 71.8 Å². The summed E-state index contributed by atoms with van der Waals surface area (Å²) in [6, 6.07) is 17.3. The monoisotopic (exact) mass is 598 g/mol. The normalized spacial score (nSPS) is 10.9. The Kier molecular flexibility index (Phi) is 11.1. The molecule has 0 fully saturated rings. The molecule has 0 heterocycles. The van der Waals surface area contributed by atoms with E-state index < -0.39 is 23.9 Å². The summed E-state index contributed by atoms with van der Waals surface area (Å²) in [5.74, 6) is -2.17. The zero-order valence-corrected chi connectivity index (χ0v) is 25.7. The Morgan fingerprint density at radius 3 is 1.02 bits per heavy atom. The van der Waals surface area contributed by atoms with E-state index >= 15 is 0 Å². The first-order valence-corrected chi connectivity index (χ1v) is 15.2. The van der Waals surface area contributed by atoms with Crippen molar-refractivity contribution in [1.82, 2.24) is 0 Å². The smallest absolute Gasteiger partial charge is 0.338 e. The lowest BCUT2D eigenvalue weighted by atomic mass is 9.87. The van der Waals surface area contributed by atoms with Crippen molar-refractivity contribution in [3.05, 3.63) is 82.9 Å². The van der Waals surface area contributed by atoms with Crippen LogP contribution in [0.3, 0.4) is 0 Å². The van der Waals surface area contributed by atoms with E-state index in [1.165, 1.54) is 0 Å². The van der Waals surface area contributed by atoms with Crippen LogP contribution < -0.4 is 0 Å². The fraction of sp³-hybridized carbons (Fsp3) is 0.333. The SMILES string of the molecule is CCCOC(=O)c1cccc2c(-c3ccc(C(=O)OCCC)c4c(C(=O)OCCC)cccc34)ccc(C(=O)OCCC)c12. The van der Waals surface area contributed by atoms with E-state index in [2.05, 4.69) is 0 Å². The molecule has 0 aliphatic carbocycles. The van der Waals surface area contributed by atoms with Gasteiger partial charge in [0.15, 0.2) is 0 Å². The Bertz CT molecular complexity index is 1510. The van der Waals surface area contributed by atoms with Gasteiger partial charge < -0.3 is 18.9 Å². The molecular weight excluding hydrogens is 560 g/mol. The van der Waals surface area contributed by atoms with Crippen LogP contribution in [-0.2, 0) is 18.9 Å². The highest BCUT2D eigenvalue weighted by atomic mass is 16.5. The first kappa shape index (κ1) is 32.2. The van der Waals surface area contributed by atoms with E-state index in [4.69, 9.17) is 18.9 Å². The average molecular weight is 599 g/mol. The maximum atomic E-state index is 13.2. The zero-order valence-electron chi connectivity index (χ0n) is 25.7. The quantitative estimate of drug-likeness (QED) is 0.113. The molecule has 0 aliphatic heterocycles. The standard InChI is InChI=1S/C36H38O8/c1-5-19-41-33(37)27-13-9-11-25-23(15-17-29(31(25)27)35(39)43-21-7-3)24-16-18-30(36(40)44-22-8-4)32-26(24)12-10-14-28(32)34(38)42-20-6-2/h9-18H,5-8,19-22H2,1-4H3. The lowest BCUT2D eigenvalue weighted by molar-refractivity contribution is 0.0490. The molecular formula is C36H38O8. The second-order valence-electron chi connectivity index (χ2n) is 10.3. The fourth-order valence-electron chi connectivity index (χ4n) is 5.05. The number of esters is 4. The molecule has 8 heteroatoms. The Balaban J connectivity index is 2.03. The summed E-state index contributed by atoms with van der Waals surface area (Å²) in [4.78, 5) is 52.8. The topological polar surface area (TPSA) is 105 Å². The largest absolute Gasteiger partial charge is 0.462 e. The van der Waals surface area contributed by atoms with E-state index in [1.807, 2.05) is 39.8 Å². The molecule has 4 aromatic carbocycles. The van der Waals surface area contributed by atoms with Gasteiger partial charge in [-0.3, -0.25) is 0 Å². The van der Waals surface area contributed by atoms with Crippen molar-refractivity contribution in [3.8, 4) is 11.1 Å². The van der Waals surface area contributed by atoms with Gasteiger partial charge in [0.05, 0.1) is 48.7 Å². The Hall–Kier alpha value is -4.72. The molecule has 0 unspecified atom stereocenters. The van der Waals surface area contributed by atoms with Crippen LogP contribution in [0.2, 0.25) is 0 Å². The number of ether oxygens (including phenoxy) is 4. The number of hydrogen-bond acceptors (Lipinski definition) is 8. The van der Waals surface area contributed by atoms with Gasteiger partial charge in [0.1, 0.15) is 0 Å². The van der Waals surface area contributed by atoms with Crippen molar-refractivity contribution in [2.24, 2.45) is 0 Å². The lowest BCUT2D eigenvalue weighted by Gasteiger charge is -2.18. The highest BCUT2D eigenvalue weighted by Gasteiger charge is 2.25. The minimum atomic E-state index is -0.543. The molecule has 0 spiro atoms. The van der Waals surface area contributed by atoms with E-state index in [1.54, 1.807) is 48.5 Å². The highest BCUT2D eigenvalue weighted by Crippen LogP contribution is 2.39. The first-order chi connectivity index (χ1) is 21.4. The van der Waals surface area contributed by atoms with Crippen LogP contribution in [0, 0.1) is 0 Å². The Morgan fingerprint density at radius 2 is 0.727 bits per heavy atom. The van der Waals surface area contributed by atoms with Gasteiger partial charge in [-0.2, -0.15) is 0 Å². The second-order valence-corrected chi connectivity index (χ2v) is 10.3. The van der Waals surface area contributed by atoms with Crippen molar-refractivity contribution in [3.63, 3.8) is 0 Å². The van der Waals surface area contributed by atoms with Crippen LogP contribution in [0.1, 0.15) is 94.8 Å². The maximum absolute atomic E-state index is 13.2. The van der Waals surface area contributed by atoms with Crippen LogP contribution in [0.5, 0.6) is 0 Å². The van der Waals surface area contributed by atoms with Gasteiger partial charge in [0.25, 0.3) is 0 Å². The van der Waals surface area contributed by atoms with Gasteiger partial charge in [-0.25, -0.2) is 19.2 Å². The van der Waals surface area contributed by atoms with Gasteiger partial charge in [0.2, 0.25) is 0 Å². The third-order valence-corrected chi connectivity index (χ3v) is 7.00. The highest BCUT2D eigenvalue weighted by molar-refractivity contribution is 6.21. The van der Waals surface area contributed by atoms with Crippen LogP contribution in [-0.4, -0.2) is 50.3 Å². The van der Waals surface area contributed by atoms with Crippen molar-refractivity contribution in [2.45, 2.75) is 53.4 Å². The van der Waals surface area contributed by atoms with E-state index in [-0.39, 0.29) is 48.7 Å². The molecule has 0 amide bonds. The average Bonchev–Trinajstić information content (AvgIpc) is 3.05. The summed E-state index contributed by atoms with van der Waals surface area (Å²) in [7, 11) is 0. The van der Waals surface area contributed by atoms with Crippen LogP contribution >= 0.6 is 0 Å². The lowest BCUT2D eigenvalue weighted by Crippen LogP contribution is -2.12. The molecule has 0 aromatic heterocycles. The summed E-state index contributed by atoms with van der Waals surface area (Å²) in [6.45, 7) is 8.57. The molecule has 0 aliphatic rings. The summed E-state index contributed by atoms with van der Waals surface area (Å²) in [5.41, 5.74) is 2.36. The molecule has 4 aromatic rings. The number of carbonyl (C=O) groups excluding carboxylic acids is 4. The molecule has 8 nitrogen and oxygen atoms in total. The molecule has 230 valence electrons. The third-order valence-electron chi connectivity index (χ3n) is 7.00. The van der Waals surface area contributed by atoms with Crippen LogP contribution in [0.4, 0.5) is 0 Å². The van der Waals surface area contributed by atoms with Crippen LogP contribution in [0.15, 0.2) is 60.7 Å². The fourth-order valence-corrected chi connectivity index (χ4v) is 5.05. The van der Waals surface area contributed by atoms with Crippen molar-refractivity contribution in [2.75, 3.05) is 26.4 Å². The van der Waals surface area contributed by atoms with Gasteiger partial charge in [-0.1, -0.05) is 64.1 Å². The van der Waals surface area contributed by atoms with E-state index in [9.17, 15) is 19.2 Å². The summed E-state index contributed by atoms with van der Waals surface area (Å²) < 4.78 is 21.9. The van der Waals surface area contributed by atoms with E-state index in [0.717, 1.165) is 0 Å². The van der Waals surface area contributed by atoms with Crippen molar-refractivity contribution in [1.29, 1.82) is 0 Å². The van der Waals surface area contributed by atoms with Crippen molar-refractivity contribution < 1.29 is 38.1 Å². The molecule has 0 saturated heterocycles. The zero-order chi connectivity index (χ0) is 31.6. The summed E-state index contributed by atoms with van der Waals surface area (Å²) in [5, 5.41) is 2.04. The number of hydrogen-bond donors (Lipinski definition) is 0. The third kappa shape index (κ3) is 6.75. The predicted molar refractivity (Wildman–Crippen MR) is 169 cm³/mol. The summed E-state index contributed by atoms with van der Waals surface area (Å²) in [6.07, 6.45) is 2.59. The first-order valence-electron chi connectivity index (χ1n) is 15.2. The number of benzene rings is 4. The summed E-state index contributed by atoms with van der Waals surface area (Å²) >= 11 is 0. The minimum absolute atomic E-state index is 0.238.